The highest BCUT2D eigenvalue weighted by molar-refractivity contribution is 5.13. The van der Waals surface area contributed by atoms with E-state index in [2.05, 4.69) is 65.2 Å². The average Bonchev–Trinajstić information content (AvgIpc) is 2.81. The van der Waals surface area contributed by atoms with Gasteiger partial charge < -0.3 is 9.22 Å². The summed E-state index contributed by atoms with van der Waals surface area (Å²) < 4.78 is 7.42. The molecule has 3 atom stereocenters. The number of rotatable bonds is 6. The van der Waals surface area contributed by atoms with Gasteiger partial charge in [0, 0.05) is 5.56 Å². The van der Waals surface area contributed by atoms with Crippen LogP contribution in [0.25, 0.3) is 0 Å². The molecule has 1 aromatic rings. The van der Waals surface area contributed by atoms with E-state index in [4.69, 9.17) is 4.74 Å². The quantitative estimate of drug-likeness (QED) is 0.702. The first-order chi connectivity index (χ1) is 10.7. The Labute approximate surface area is 142 Å². The summed E-state index contributed by atoms with van der Waals surface area (Å²) in [6.45, 7) is 10.4. The van der Waals surface area contributed by atoms with Crippen LogP contribution in [0.15, 0.2) is 30.3 Å². The van der Waals surface area contributed by atoms with Gasteiger partial charge in [-0.05, 0) is 36.0 Å². The van der Waals surface area contributed by atoms with Crippen LogP contribution < -0.4 is 0 Å². The van der Waals surface area contributed by atoms with E-state index in [1.54, 1.807) is 0 Å². The number of likely N-dealkylation sites (N-methyl/N-ethyl adjacent to an activating group) is 1. The van der Waals surface area contributed by atoms with E-state index in [1.165, 1.54) is 24.8 Å². The SMILES string of the molecule is CC1(C)[C@@H]2CC[C@]1(C)[C@@H](OCC[N+](C)(C)Cc1ccccc1)C2. The molecule has 0 aromatic heterocycles. The summed E-state index contributed by atoms with van der Waals surface area (Å²) in [6.07, 6.45) is 4.49. The predicted molar refractivity (Wildman–Crippen MR) is 96.1 cm³/mol. The smallest absolute Gasteiger partial charge is 0.104 e. The van der Waals surface area contributed by atoms with Crippen molar-refractivity contribution in [3.05, 3.63) is 35.9 Å². The van der Waals surface area contributed by atoms with Gasteiger partial charge in [0.2, 0.25) is 0 Å². The Morgan fingerprint density at radius 3 is 2.39 bits per heavy atom. The van der Waals surface area contributed by atoms with Crippen molar-refractivity contribution in [2.45, 2.75) is 52.7 Å². The zero-order valence-corrected chi connectivity index (χ0v) is 15.6. The molecule has 0 amide bonds. The Kier molecular flexibility index (Phi) is 4.35. The second kappa shape index (κ2) is 5.89. The Morgan fingerprint density at radius 2 is 1.83 bits per heavy atom. The summed E-state index contributed by atoms with van der Waals surface area (Å²) >= 11 is 0. The van der Waals surface area contributed by atoms with Gasteiger partial charge in [0.1, 0.15) is 13.1 Å². The van der Waals surface area contributed by atoms with E-state index in [0.717, 1.165) is 30.1 Å². The fourth-order valence-corrected chi connectivity index (χ4v) is 4.98. The minimum Gasteiger partial charge on any atom is -0.372 e. The lowest BCUT2D eigenvalue weighted by Crippen LogP contribution is -2.43. The molecule has 3 rings (SSSR count). The van der Waals surface area contributed by atoms with Gasteiger partial charge in [0.05, 0.1) is 26.8 Å². The molecule has 0 spiro atoms. The molecule has 0 unspecified atom stereocenters. The van der Waals surface area contributed by atoms with E-state index in [0.29, 0.717) is 16.9 Å². The van der Waals surface area contributed by atoms with Gasteiger partial charge in [-0.1, -0.05) is 51.1 Å². The molecule has 0 saturated heterocycles. The molecule has 23 heavy (non-hydrogen) atoms. The van der Waals surface area contributed by atoms with Crippen molar-refractivity contribution < 1.29 is 9.22 Å². The fraction of sp³-hybridized carbons (Fsp3) is 0.714. The zero-order chi connectivity index (χ0) is 16.7. The molecule has 2 aliphatic rings. The molecule has 0 radical (unpaired) electrons. The zero-order valence-electron chi connectivity index (χ0n) is 15.6. The van der Waals surface area contributed by atoms with Crippen molar-refractivity contribution in [1.29, 1.82) is 0 Å². The van der Waals surface area contributed by atoms with Gasteiger partial charge in [-0.3, -0.25) is 0 Å². The van der Waals surface area contributed by atoms with Crippen LogP contribution in [0, 0.1) is 16.7 Å². The predicted octanol–water partition coefficient (Wildman–Crippen LogP) is 4.49. The normalized spacial score (nSPS) is 32.4. The van der Waals surface area contributed by atoms with Crippen molar-refractivity contribution in [3.63, 3.8) is 0 Å². The number of fused-ring (bicyclic) bond motifs is 2. The largest absolute Gasteiger partial charge is 0.372 e. The lowest BCUT2D eigenvalue weighted by Gasteiger charge is -2.39. The number of ether oxygens (including phenoxy) is 1. The summed E-state index contributed by atoms with van der Waals surface area (Å²) in [7, 11) is 4.62. The average molecular weight is 317 g/mol. The van der Waals surface area contributed by atoms with Gasteiger partial charge in [0.25, 0.3) is 0 Å². The molecule has 2 bridgehead atoms. The van der Waals surface area contributed by atoms with Gasteiger partial charge in [-0.2, -0.15) is 0 Å². The van der Waals surface area contributed by atoms with Crippen LogP contribution in [0.5, 0.6) is 0 Å². The lowest BCUT2D eigenvalue weighted by molar-refractivity contribution is -0.904. The van der Waals surface area contributed by atoms with Crippen molar-refractivity contribution >= 4 is 0 Å². The molecule has 0 heterocycles. The summed E-state index contributed by atoms with van der Waals surface area (Å²) in [6, 6.07) is 10.8. The molecule has 2 aliphatic carbocycles. The minimum atomic E-state index is 0.383. The third kappa shape index (κ3) is 3.08. The van der Waals surface area contributed by atoms with Crippen molar-refractivity contribution in [2.24, 2.45) is 16.7 Å². The maximum atomic E-state index is 6.43. The van der Waals surface area contributed by atoms with Gasteiger partial charge in [-0.15, -0.1) is 0 Å². The number of nitrogens with zero attached hydrogens (tertiary/aromatic N) is 1. The van der Waals surface area contributed by atoms with Gasteiger partial charge in [-0.25, -0.2) is 0 Å². The summed E-state index contributed by atoms with van der Waals surface area (Å²) in [4.78, 5) is 0. The molecule has 2 heteroatoms. The summed E-state index contributed by atoms with van der Waals surface area (Å²) in [5.41, 5.74) is 2.24. The number of benzene rings is 1. The van der Waals surface area contributed by atoms with Crippen LogP contribution in [0.3, 0.4) is 0 Å². The maximum Gasteiger partial charge on any atom is 0.104 e. The van der Waals surface area contributed by atoms with Crippen molar-refractivity contribution in [2.75, 3.05) is 27.2 Å². The van der Waals surface area contributed by atoms with Gasteiger partial charge in [0.15, 0.2) is 0 Å². The Morgan fingerprint density at radius 1 is 1.13 bits per heavy atom. The first kappa shape index (κ1) is 17.0. The highest BCUT2D eigenvalue weighted by Crippen LogP contribution is 2.66. The van der Waals surface area contributed by atoms with Crippen molar-refractivity contribution in [1.82, 2.24) is 0 Å². The van der Waals surface area contributed by atoms with Crippen LogP contribution >= 0.6 is 0 Å². The second-order valence-electron chi connectivity index (χ2n) is 9.27. The molecule has 1 aromatic carbocycles. The molecule has 128 valence electrons. The lowest BCUT2D eigenvalue weighted by atomic mass is 9.70. The van der Waals surface area contributed by atoms with Crippen molar-refractivity contribution in [3.8, 4) is 0 Å². The Hall–Kier alpha value is -0.860. The third-order valence-corrected chi connectivity index (χ3v) is 7.18. The van der Waals surface area contributed by atoms with Crippen LogP contribution in [-0.2, 0) is 11.3 Å². The Bertz CT molecular complexity index is 536. The van der Waals surface area contributed by atoms with E-state index in [1.807, 2.05) is 0 Å². The molecule has 2 nitrogen and oxygen atoms in total. The molecule has 0 N–H and O–H groups in total. The minimum absolute atomic E-state index is 0.383. The maximum absolute atomic E-state index is 6.43. The van der Waals surface area contributed by atoms with E-state index >= 15 is 0 Å². The molecular formula is C21H34NO+. The summed E-state index contributed by atoms with van der Waals surface area (Å²) in [5.74, 6) is 0.865. The number of quaternary nitrogens is 1. The summed E-state index contributed by atoms with van der Waals surface area (Å²) in [5, 5.41) is 0. The first-order valence-corrected chi connectivity index (χ1v) is 9.22. The second-order valence-corrected chi connectivity index (χ2v) is 9.27. The molecular weight excluding hydrogens is 282 g/mol. The number of hydrogen-bond acceptors (Lipinski definition) is 1. The monoisotopic (exact) mass is 316 g/mol. The Balaban J connectivity index is 1.52. The molecule has 2 fully saturated rings. The topological polar surface area (TPSA) is 9.23 Å². The van der Waals surface area contributed by atoms with Crippen LogP contribution in [0.4, 0.5) is 0 Å². The van der Waals surface area contributed by atoms with E-state index in [-0.39, 0.29) is 0 Å². The van der Waals surface area contributed by atoms with Crippen LogP contribution in [0.2, 0.25) is 0 Å². The standard InChI is InChI=1S/C21H34NO/c1-20(2)18-11-12-21(20,3)19(15-18)23-14-13-22(4,5)16-17-9-7-6-8-10-17/h6-10,18-19H,11-16H2,1-5H3/q+1/t18-,19+,21-/m1/s1. The van der Waals surface area contributed by atoms with Gasteiger partial charge >= 0.3 is 0 Å². The molecule has 0 aliphatic heterocycles. The van der Waals surface area contributed by atoms with E-state index in [9.17, 15) is 0 Å². The molecule has 2 saturated carbocycles. The van der Waals surface area contributed by atoms with Crippen LogP contribution in [0.1, 0.15) is 45.6 Å². The highest BCUT2D eigenvalue weighted by atomic mass is 16.5. The first-order valence-electron chi connectivity index (χ1n) is 9.22. The highest BCUT2D eigenvalue weighted by Gasteiger charge is 2.61. The number of hydrogen-bond donors (Lipinski definition) is 0. The third-order valence-electron chi connectivity index (χ3n) is 7.18. The van der Waals surface area contributed by atoms with Crippen LogP contribution in [-0.4, -0.2) is 37.8 Å². The fourth-order valence-electron chi connectivity index (χ4n) is 4.98. The van der Waals surface area contributed by atoms with E-state index < -0.39 is 0 Å².